The molecule has 2 N–H and O–H groups in total. The Morgan fingerprint density at radius 1 is 1.08 bits per heavy atom. The number of nitrogens with zero attached hydrogens (tertiary/aromatic N) is 1. The maximum Gasteiger partial charge on any atom is 0.295 e. The molecular formula is C32H43N3O3. The Bertz CT molecular complexity index is 1220. The van der Waals surface area contributed by atoms with Crippen molar-refractivity contribution in [1.82, 2.24) is 4.98 Å². The number of benzene rings is 2. The molecule has 2 aromatic carbocycles. The monoisotopic (exact) mass is 517 g/mol. The van der Waals surface area contributed by atoms with Crippen LogP contribution in [0.15, 0.2) is 58.7 Å². The molecule has 1 aromatic heterocycles. The van der Waals surface area contributed by atoms with Crippen LogP contribution in [-0.4, -0.2) is 16.8 Å². The molecular weight excluding hydrogens is 474 g/mol. The van der Waals surface area contributed by atoms with Gasteiger partial charge in [0.1, 0.15) is 24.3 Å². The summed E-state index contributed by atoms with van der Waals surface area (Å²) in [6.07, 6.45) is 5.74. The third-order valence-electron chi connectivity index (χ3n) is 6.66. The molecule has 204 valence electrons. The molecule has 1 saturated carbocycles. The zero-order valence-corrected chi connectivity index (χ0v) is 24.0. The van der Waals surface area contributed by atoms with Crippen LogP contribution in [0.2, 0.25) is 0 Å². The maximum atomic E-state index is 12.8. The molecule has 6 heteroatoms. The number of hydrogen-bond acceptors (Lipinski definition) is 6. The van der Waals surface area contributed by atoms with E-state index in [9.17, 15) is 4.79 Å². The molecule has 38 heavy (non-hydrogen) atoms. The molecule has 1 fully saturated rings. The zero-order chi connectivity index (χ0) is 27.7. The number of ether oxygens (including phenoxy) is 1. The summed E-state index contributed by atoms with van der Waals surface area (Å²) in [6.45, 7) is 14.5. The summed E-state index contributed by atoms with van der Waals surface area (Å²) in [7, 11) is 0. The molecule has 0 saturated heterocycles. The Morgan fingerprint density at radius 3 is 2.37 bits per heavy atom. The average molecular weight is 518 g/mol. The number of nitrogens with one attached hydrogen (secondary N) is 2. The molecule has 0 amide bonds. The average Bonchev–Trinajstić information content (AvgIpc) is 3.34. The van der Waals surface area contributed by atoms with Gasteiger partial charge in [-0.05, 0) is 75.6 Å². The Balaban J connectivity index is 0.00000195. The first-order valence-electron chi connectivity index (χ1n) is 13.9. The lowest BCUT2D eigenvalue weighted by Gasteiger charge is -2.27. The number of aromatic nitrogens is 1. The molecule has 1 heterocycles. The smallest absolute Gasteiger partial charge is 0.295 e. The quantitative estimate of drug-likeness (QED) is 0.247. The zero-order valence-electron chi connectivity index (χ0n) is 24.0. The van der Waals surface area contributed by atoms with Gasteiger partial charge in [0.2, 0.25) is 0 Å². The van der Waals surface area contributed by atoms with Gasteiger partial charge >= 0.3 is 0 Å². The van der Waals surface area contributed by atoms with E-state index in [1.807, 2.05) is 58.0 Å². The number of carbonyl (C=O) groups is 1. The minimum absolute atomic E-state index is 0.0111. The fraction of sp³-hybridized carbons (Fsp3) is 0.438. The van der Waals surface area contributed by atoms with Crippen LogP contribution in [0.1, 0.15) is 107 Å². The van der Waals surface area contributed by atoms with Crippen molar-refractivity contribution >= 4 is 23.2 Å². The van der Waals surface area contributed by atoms with Crippen LogP contribution in [0.25, 0.3) is 5.70 Å². The minimum atomic E-state index is 0.0111. The van der Waals surface area contributed by atoms with Crippen molar-refractivity contribution in [3.05, 3.63) is 76.7 Å². The van der Waals surface area contributed by atoms with Gasteiger partial charge in [-0.3, -0.25) is 4.79 Å². The molecule has 6 nitrogen and oxygen atoms in total. The van der Waals surface area contributed by atoms with E-state index in [0.29, 0.717) is 18.2 Å². The molecule has 0 aliphatic heterocycles. The maximum absolute atomic E-state index is 12.8. The second-order valence-corrected chi connectivity index (χ2v) is 9.83. The summed E-state index contributed by atoms with van der Waals surface area (Å²) >= 11 is 0. The van der Waals surface area contributed by atoms with Crippen LogP contribution in [0.3, 0.4) is 0 Å². The summed E-state index contributed by atoms with van der Waals surface area (Å²) in [4.78, 5) is 17.5. The highest BCUT2D eigenvalue weighted by Gasteiger charge is 2.25. The molecule has 1 atom stereocenters. The van der Waals surface area contributed by atoms with E-state index < -0.39 is 0 Å². The molecule has 3 aromatic rings. The van der Waals surface area contributed by atoms with E-state index in [0.717, 1.165) is 59.6 Å². The number of anilines is 2. The van der Waals surface area contributed by atoms with E-state index in [1.54, 1.807) is 13.2 Å². The van der Waals surface area contributed by atoms with Crippen molar-refractivity contribution in [2.45, 2.75) is 92.7 Å². The summed E-state index contributed by atoms with van der Waals surface area (Å²) < 4.78 is 12.1. The third-order valence-corrected chi connectivity index (χ3v) is 6.66. The fourth-order valence-corrected chi connectivity index (χ4v) is 4.35. The van der Waals surface area contributed by atoms with Gasteiger partial charge in [0, 0.05) is 17.2 Å². The highest BCUT2D eigenvalue weighted by molar-refractivity contribution is 6.02. The van der Waals surface area contributed by atoms with Gasteiger partial charge in [-0.15, -0.1) is 0 Å². The Morgan fingerprint density at radius 2 is 1.79 bits per heavy atom. The van der Waals surface area contributed by atoms with E-state index >= 15 is 0 Å². The van der Waals surface area contributed by atoms with Gasteiger partial charge in [-0.2, -0.15) is 4.98 Å². The normalized spacial score (nSPS) is 13.2. The Kier molecular flexibility index (Phi) is 10.6. The first-order valence-corrected chi connectivity index (χ1v) is 13.9. The standard InChI is InChI=1S/C30H37N3O3.C2H6/c1-6-20(4)27-26(35-17-22-11-8-7-9-12-22)16-15-24(21(5)34)29(27)33-28(23-13-10-14-23)25-18-36-30(32-25)31-19(2)3;1-2/h7-9,11-12,15-16,18-20,33H,6,10,13-14,17H2,1-5H3,(H,31,32);1-2H3. The van der Waals surface area contributed by atoms with Gasteiger partial charge in [-0.1, -0.05) is 58.0 Å². The Hall–Kier alpha value is -3.54. The summed E-state index contributed by atoms with van der Waals surface area (Å²) in [6, 6.07) is 14.6. The molecule has 0 spiro atoms. The molecule has 1 aliphatic rings. The third kappa shape index (κ3) is 7.06. The van der Waals surface area contributed by atoms with Crippen molar-refractivity contribution < 1.29 is 13.9 Å². The van der Waals surface area contributed by atoms with Gasteiger partial charge in [-0.25, -0.2) is 0 Å². The number of allylic oxidation sites excluding steroid dienone is 1. The van der Waals surface area contributed by atoms with Gasteiger partial charge in [0.25, 0.3) is 6.01 Å². The van der Waals surface area contributed by atoms with Crippen LogP contribution in [0.4, 0.5) is 11.7 Å². The molecule has 1 unspecified atom stereocenters. The van der Waals surface area contributed by atoms with Crippen LogP contribution in [0.5, 0.6) is 5.75 Å². The van der Waals surface area contributed by atoms with E-state index in [2.05, 4.69) is 36.6 Å². The van der Waals surface area contributed by atoms with Gasteiger partial charge in [0.05, 0.1) is 11.4 Å². The van der Waals surface area contributed by atoms with Crippen LogP contribution >= 0.6 is 0 Å². The minimum Gasteiger partial charge on any atom is -0.489 e. The number of oxazole rings is 1. The summed E-state index contributed by atoms with van der Waals surface area (Å²) in [5.41, 5.74) is 6.53. The Labute approximate surface area is 227 Å². The summed E-state index contributed by atoms with van der Waals surface area (Å²) in [5.74, 6) is 0.985. The lowest BCUT2D eigenvalue weighted by atomic mass is 9.88. The number of rotatable bonds is 11. The van der Waals surface area contributed by atoms with Gasteiger partial charge in [0.15, 0.2) is 5.78 Å². The molecule has 0 bridgehead atoms. The second kappa shape index (κ2) is 13.8. The highest BCUT2D eigenvalue weighted by Crippen LogP contribution is 2.42. The van der Waals surface area contributed by atoms with Crippen molar-refractivity contribution in [3.63, 3.8) is 0 Å². The summed E-state index contributed by atoms with van der Waals surface area (Å²) in [5, 5.41) is 6.89. The van der Waals surface area contributed by atoms with Crippen molar-refractivity contribution in [3.8, 4) is 5.75 Å². The van der Waals surface area contributed by atoms with Crippen molar-refractivity contribution in [2.24, 2.45) is 0 Å². The number of carbonyl (C=O) groups excluding carboxylic acids is 1. The van der Waals surface area contributed by atoms with Crippen molar-refractivity contribution in [1.29, 1.82) is 0 Å². The first-order chi connectivity index (χ1) is 18.4. The first kappa shape index (κ1) is 29.0. The highest BCUT2D eigenvalue weighted by atomic mass is 16.5. The largest absolute Gasteiger partial charge is 0.489 e. The number of hydrogen-bond donors (Lipinski definition) is 2. The van der Waals surface area contributed by atoms with E-state index in [1.165, 1.54) is 5.57 Å². The molecule has 0 radical (unpaired) electrons. The topological polar surface area (TPSA) is 76.4 Å². The predicted molar refractivity (Wildman–Crippen MR) is 157 cm³/mol. The van der Waals surface area contributed by atoms with E-state index in [4.69, 9.17) is 14.1 Å². The fourth-order valence-electron chi connectivity index (χ4n) is 4.35. The predicted octanol–water partition coefficient (Wildman–Crippen LogP) is 8.82. The number of Topliss-reactive ketones (excluding diaryl/α,β-unsaturated/α-hetero) is 1. The van der Waals surface area contributed by atoms with Crippen LogP contribution in [0, 0.1) is 0 Å². The van der Waals surface area contributed by atoms with Crippen molar-refractivity contribution in [2.75, 3.05) is 10.6 Å². The van der Waals surface area contributed by atoms with Gasteiger partial charge < -0.3 is 19.8 Å². The van der Waals surface area contributed by atoms with E-state index in [-0.39, 0.29) is 17.7 Å². The second-order valence-electron chi connectivity index (χ2n) is 9.83. The molecule has 1 aliphatic carbocycles. The number of ketones is 1. The lowest BCUT2D eigenvalue weighted by Crippen LogP contribution is -2.15. The van der Waals surface area contributed by atoms with Crippen LogP contribution in [-0.2, 0) is 6.61 Å². The lowest BCUT2D eigenvalue weighted by molar-refractivity contribution is 0.101. The van der Waals surface area contributed by atoms with Crippen LogP contribution < -0.4 is 15.4 Å². The molecule has 4 rings (SSSR count). The SMILES string of the molecule is CC.CCC(C)c1c(OCc2ccccc2)ccc(C(C)=O)c1NC(=C1CCC1)c1coc(NC(C)C)n1.